The summed E-state index contributed by atoms with van der Waals surface area (Å²) in [5.41, 5.74) is 0.747. The van der Waals surface area contributed by atoms with Crippen molar-refractivity contribution in [3.63, 3.8) is 0 Å². The van der Waals surface area contributed by atoms with Crippen LogP contribution in [0.1, 0.15) is 39.0 Å². The normalized spacial score (nSPS) is 30.9. The first kappa shape index (κ1) is 10.4. The van der Waals surface area contributed by atoms with Gasteiger partial charge in [-0.3, -0.25) is 0 Å². The molecule has 0 aromatic rings. The van der Waals surface area contributed by atoms with Gasteiger partial charge in [-0.2, -0.15) is 0 Å². The number of nitrogens with zero attached hydrogens (tertiary/aromatic N) is 1. The Hall–Kier alpha value is -0.0800. The number of likely N-dealkylation sites (N-methyl/N-ethyl adjacent to an activating group) is 1. The molecule has 82 valence electrons. The van der Waals surface area contributed by atoms with E-state index >= 15 is 0 Å². The lowest BCUT2D eigenvalue weighted by Gasteiger charge is -2.22. The molecule has 1 saturated carbocycles. The van der Waals surface area contributed by atoms with Crippen LogP contribution in [0.25, 0.3) is 0 Å². The first-order valence-electron chi connectivity index (χ1n) is 6.18. The molecule has 14 heavy (non-hydrogen) atoms. The van der Waals surface area contributed by atoms with E-state index in [9.17, 15) is 0 Å². The molecule has 1 atom stereocenters. The SMILES string of the molecule is CCCC1(CN2CCC(NC)C2)CC1. The van der Waals surface area contributed by atoms with Crippen LogP contribution in [0.5, 0.6) is 0 Å². The van der Waals surface area contributed by atoms with Crippen molar-refractivity contribution in [3.8, 4) is 0 Å². The van der Waals surface area contributed by atoms with Crippen molar-refractivity contribution in [1.29, 1.82) is 0 Å². The van der Waals surface area contributed by atoms with Crippen LogP contribution in [-0.4, -0.2) is 37.6 Å². The standard InChI is InChI=1S/C12H24N2/c1-3-5-12(6-7-12)10-14-8-4-11(9-14)13-2/h11,13H,3-10H2,1-2H3. The summed E-state index contributed by atoms with van der Waals surface area (Å²) in [6.45, 7) is 6.29. The molecule has 2 fully saturated rings. The van der Waals surface area contributed by atoms with Crippen molar-refractivity contribution in [2.45, 2.75) is 45.1 Å². The van der Waals surface area contributed by atoms with Crippen LogP contribution < -0.4 is 5.32 Å². The molecule has 2 rings (SSSR count). The van der Waals surface area contributed by atoms with Gasteiger partial charge in [0.25, 0.3) is 0 Å². The minimum atomic E-state index is 0.747. The summed E-state index contributed by atoms with van der Waals surface area (Å²) < 4.78 is 0. The second-order valence-corrected chi connectivity index (χ2v) is 5.26. The van der Waals surface area contributed by atoms with E-state index in [2.05, 4.69) is 24.2 Å². The Morgan fingerprint density at radius 3 is 2.71 bits per heavy atom. The predicted octanol–water partition coefficient (Wildman–Crippen LogP) is 1.86. The molecule has 0 spiro atoms. The molecule has 1 N–H and O–H groups in total. The minimum absolute atomic E-state index is 0.747. The molecule has 1 aliphatic heterocycles. The Kier molecular flexibility index (Phi) is 3.13. The van der Waals surface area contributed by atoms with Crippen LogP contribution in [0, 0.1) is 5.41 Å². The summed E-state index contributed by atoms with van der Waals surface area (Å²) in [4.78, 5) is 2.67. The molecule has 2 aliphatic rings. The third-order valence-corrected chi connectivity index (χ3v) is 3.98. The zero-order valence-corrected chi connectivity index (χ0v) is 9.68. The third kappa shape index (κ3) is 2.29. The summed E-state index contributed by atoms with van der Waals surface area (Å²) in [5.74, 6) is 0. The largest absolute Gasteiger partial charge is 0.316 e. The Balaban J connectivity index is 1.76. The van der Waals surface area contributed by atoms with E-state index in [1.807, 2.05) is 0 Å². The van der Waals surface area contributed by atoms with Crippen molar-refractivity contribution in [1.82, 2.24) is 10.2 Å². The number of hydrogen-bond donors (Lipinski definition) is 1. The van der Waals surface area contributed by atoms with E-state index < -0.39 is 0 Å². The molecule has 0 aromatic carbocycles. The average Bonchev–Trinajstić information content (AvgIpc) is 2.78. The van der Waals surface area contributed by atoms with Crippen LogP contribution in [0.3, 0.4) is 0 Å². The lowest BCUT2D eigenvalue weighted by Crippen LogP contribution is -2.33. The fourth-order valence-electron chi connectivity index (χ4n) is 2.88. The molecule has 1 heterocycles. The van der Waals surface area contributed by atoms with Crippen LogP contribution in [0.4, 0.5) is 0 Å². The average molecular weight is 196 g/mol. The van der Waals surface area contributed by atoms with E-state index in [1.54, 1.807) is 0 Å². The molecule has 2 nitrogen and oxygen atoms in total. The molecule has 1 saturated heterocycles. The van der Waals surface area contributed by atoms with Crippen LogP contribution >= 0.6 is 0 Å². The van der Waals surface area contributed by atoms with Crippen molar-refractivity contribution in [3.05, 3.63) is 0 Å². The van der Waals surface area contributed by atoms with E-state index in [1.165, 1.54) is 51.7 Å². The van der Waals surface area contributed by atoms with Gasteiger partial charge in [-0.1, -0.05) is 13.3 Å². The first-order valence-corrected chi connectivity index (χ1v) is 6.18. The highest BCUT2D eigenvalue weighted by Gasteiger charge is 2.43. The highest BCUT2D eigenvalue weighted by atomic mass is 15.2. The molecule has 2 heteroatoms. The highest BCUT2D eigenvalue weighted by molar-refractivity contribution is 4.96. The maximum atomic E-state index is 3.39. The van der Waals surface area contributed by atoms with Gasteiger partial charge < -0.3 is 10.2 Å². The van der Waals surface area contributed by atoms with Gasteiger partial charge in [0.1, 0.15) is 0 Å². The molecule has 0 amide bonds. The second kappa shape index (κ2) is 4.19. The fraction of sp³-hybridized carbons (Fsp3) is 1.00. The fourth-order valence-corrected chi connectivity index (χ4v) is 2.88. The number of hydrogen-bond acceptors (Lipinski definition) is 2. The number of nitrogens with one attached hydrogen (secondary N) is 1. The monoisotopic (exact) mass is 196 g/mol. The maximum absolute atomic E-state index is 3.39. The summed E-state index contributed by atoms with van der Waals surface area (Å²) in [6, 6.07) is 0.757. The van der Waals surface area contributed by atoms with Gasteiger partial charge in [0.2, 0.25) is 0 Å². The van der Waals surface area contributed by atoms with Gasteiger partial charge in [0.15, 0.2) is 0 Å². The zero-order valence-electron chi connectivity index (χ0n) is 9.68. The van der Waals surface area contributed by atoms with Crippen LogP contribution in [0.2, 0.25) is 0 Å². The maximum Gasteiger partial charge on any atom is 0.0204 e. The minimum Gasteiger partial charge on any atom is -0.316 e. The van der Waals surface area contributed by atoms with Crippen molar-refractivity contribution in [2.24, 2.45) is 5.41 Å². The van der Waals surface area contributed by atoms with Crippen LogP contribution in [0.15, 0.2) is 0 Å². The smallest absolute Gasteiger partial charge is 0.0204 e. The Labute approximate surface area is 88.1 Å². The van der Waals surface area contributed by atoms with Crippen molar-refractivity contribution in [2.75, 3.05) is 26.7 Å². The van der Waals surface area contributed by atoms with E-state index in [0.717, 1.165) is 11.5 Å². The predicted molar refractivity (Wildman–Crippen MR) is 60.5 cm³/mol. The van der Waals surface area contributed by atoms with Crippen LogP contribution in [-0.2, 0) is 0 Å². The lowest BCUT2D eigenvalue weighted by atomic mass is 10.0. The summed E-state index contributed by atoms with van der Waals surface area (Å²) in [7, 11) is 2.09. The van der Waals surface area contributed by atoms with Gasteiger partial charge in [-0.25, -0.2) is 0 Å². The zero-order chi connectivity index (χ0) is 10.0. The summed E-state index contributed by atoms with van der Waals surface area (Å²) >= 11 is 0. The summed E-state index contributed by atoms with van der Waals surface area (Å²) in [6.07, 6.45) is 7.14. The molecule has 0 bridgehead atoms. The molecule has 1 unspecified atom stereocenters. The number of likely N-dealkylation sites (tertiary alicyclic amines) is 1. The van der Waals surface area contributed by atoms with Crippen molar-refractivity contribution >= 4 is 0 Å². The Bertz CT molecular complexity index is 187. The third-order valence-electron chi connectivity index (χ3n) is 3.98. The van der Waals surface area contributed by atoms with Gasteiger partial charge in [0.05, 0.1) is 0 Å². The Morgan fingerprint density at radius 1 is 1.43 bits per heavy atom. The molecule has 0 aromatic heterocycles. The molecule has 1 aliphatic carbocycles. The molecular weight excluding hydrogens is 172 g/mol. The van der Waals surface area contributed by atoms with E-state index in [4.69, 9.17) is 0 Å². The van der Waals surface area contributed by atoms with Gasteiger partial charge in [-0.05, 0) is 44.7 Å². The van der Waals surface area contributed by atoms with E-state index in [-0.39, 0.29) is 0 Å². The second-order valence-electron chi connectivity index (χ2n) is 5.26. The lowest BCUT2D eigenvalue weighted by molar-refractivity contribution is 0.248. The quantitative estimate of drug-likeness (QED) is 0.722. The molecule has 0 radical (unpaired) electrons. The van der Waals surface area contributed by atoms with E-state index in [0.29, 0.717) is 0 Å². The topological polar surface area (TPSA) is 15.3 Å². The van der Waals surface area contributed by atoms with Gasteiger partial charge in [-0.15, -0.1) is 0 Å². The molecular formula is C12H24N2. The van der Waals surface area contributed by atoms with Crippen molar-refractivity contribution < 1.29 is 0 Å². The van der Waals surface area contributed by atoms with Gasteiger partial charge in [0, 0.05) is 19.1 Å². The van der Waals surface area contributed by atoms with Gasteiger partial charge >= 0.3 is 0 Å². The number of rotatable bonds is 5. The Morgan fingerprint density at radius 2 is 2.21 bits per heavy atom. The summed E-state index contributed by atoms with van der Waals surface area (Å²) in [5, 5.41) is 3.39. The first-order chi connectivity index (χ1) is 6.78. The highest BCUT2D eigenvalue weighted by Crippen LogP contribution is 2.50.